The molecule has 1 atom stereocenters. The molecule has 1 unspecified atom stereocenters. The second-order valence-electron chi connectivity index (χ2n) is 4.12. The topological polar surface area (TPSA) is 66.4 Å². The Morgan fingerprint density at radius 2 is 2.11 bits per heavy atom. The second kappa shape index (κ2) is 7.78. The molecule has 0 radical (unpaired) electrons. The third-order valence-corrected chi connectivity index (χ3v) is 3.44. The Hall–Kier alpha value is -1.56. The van der Waals surface area contributed by atoms with Gasteiger partial charge in [-0.25, -0.2) is 4.39 Å². The Morgan fingerprint density at radius 3 is 2.74 bits per heavy atom. The lowest BCUT2D eigenvalue weighted by atomic mass is 10.2. The number of hydrogen-bond acceptors (Lipinski definition) is 3. The van der Waals surface area contributed by atoms with Crippen molar-refractivity contribution in [3.63, 3.8) is 0 Å². The fourth-order valence-corrected chi connectivity index (χ4v) is 2.18. The molecule has 1 rings (SSSR count). The zero-order chi connectivity index (χ0) is 14.3. The molecular weight excluding hydrogens is 269 g/mol. The summed E-state index contributed by atoms with van der Waals surface area (Å²) in [7, 11) is 0. The Labute approximate surface area is 115 Å². The van der Waals surface area contributed by atoms with Crippen molar-refractivity contribution in [2.24, 2.45) is 0 Å². The number of rotatable bonds is 7. The molecule has 0 aromatic heterocycles. The van der Waals surface area contributed by atoms with Crippen LogP contribution in [0.15, 0.2) is 29.2 Å². The lowest BCUT2D eigenvalue weighted by Crippen LogP contribution is -2.34. The molecular formula is C13H16FNO3S. The highest BCUT2D eigenvalue weighted by molar-refractivity contribution is 8.00. The maximum absolute atomic E-state index is 13.3. The van der Waals surface area contributed by atoms with Crippen molar-refractivity contribution in [1.29, 1.82) is 0 Å². The van der Waals surface area contributed by atoms with Gasteiger partial charge in [0.05, 0.1) is 5.75 Å². The molecule has 0 saturated carbocycles. The van der Waals surface area contributed by atoms with Crippen LogP contribution in [0.5, 0.6) is 0 Å². The van der Waals surface area contributed by atoms with Crippen molar-refractivity contribution in [2.45, 2.75) is 30.7 Å². The van der Waals surface area contributed by atoms with Gasteiger partial charge in [-0.05, 0) is 25.5 Å². The van der Waals surface area contributed by atoms with Crippen LogP contribution in [0.25, 0.3) is 0 Å². The number of hydrogen-bond donors (Lipinski definition) is 2. The van der Waals surface area contributed by atoms with Gasteiger partial charge in [-0.15, -0.1) is 11.8 Å². The molecule has 1 aromatic rings. The predicted molar refractivity (Wildman–Crippen MR) is 71.6 cm³/mol. The number of thioether (sulfide) groups is 1. The third-order valence-electron chi connectivity index (χ3n) is 2.39. The molecule has 1 aromatic carbocycles. The van der Waals surface area contributed by atoms with Crippen molar-refractivity contribution >= 4 is 23.6 Å². The van der Waals surface area contributed by atoms with E-state index in [2.05, 4.69) is 5.32 Å². The summed E-state index contributed by atoms with van der Waals surface area (Å²) in [5.41, 5.74) is 0. The van der Waals surface area contributed by atoms with Crippen molar-refractivity contribution in [3.05, 3.63) is 30.1 Å². The number of carboxylic acids is 1. The molecule has 104 valence electrons. The summed E-state index contributed by atoms with van der Waals surface area (Å²) in [6.45, 7) is 1.74. The Kier molecular flexibility index (Phi) is 6.35. The molecule has 1 amide bonds. The van der Waals surface area contributed by atoms with Gasteiger partial charge in [-0.2, -0.15) is 0 Å². The minimum atomic E-state index is -0.887. The first kappa shape index (κ1) is 15.5. The summed E-state index contributed by atoms with van der Waals surface area (Å²) in [4.78, 5) is 22.4. The third kappa shape index (κ3) is 6.24. The summed E-state index contributed by atoms with van der Waals surface area (Å²) < 4.78 is 13.3. The largest absolute Gasteiger partial charge is 0.481 e. The number of aliphatic carboxylic acids is 1. The lowest BCUT2D eigenvalue weighted by molar-refractivity contribution is -0.137. The van der Waals surface area contributed by atoms with Gasteiger partial charge in [-0.3, -0.25) is 9.59 Å². The van der Waals surface area contributed by atoms with Crippen LogP contribution in [0, 0.1) is 5.82 Å². The van der Waals surface area contributed by atoms with E-state index in [-0.39, 0.29) is 29.9 Å². The van der Waals surface area contributed by atoms with E-state index in [9.17, 15) is 14.0 Å². The molecule has 0 spiro atoms. The van der Waals surface area contributed by atoms with Crippen molar-refractivity contribution in [3.8, 4) is 0 Å². The number of carbonyl (C=O) groups excluding carboxylic acids is 1. The normalized spacial score (nSPS) is 11.9. The van der Waals surface area contributed by atoms with Gasteiger partial charge in [0, 0.05) is 17.4 Å². The van der Waals surface area contributed by atoms with Gasteiger partial charge in [0.1, 0.15) is 5.82 Å². The van der Waals surface area contributed by atoms with Crippen LogP contribution in [-0.4, -0.2) is 28.8 Å². The van der Waals surface area contributed by atoms with Crippen LogP contribution >= 0.6 is 11.8 Å². The molecule has 0 fully saturated rings. The fourth-order valence-electron chi connectivity index (χ4n) is 1.43. The average Bonchev–Trinajstić information content (AvgIpc) is 2.35. The zero-order valence-corrected chi connectivity index (χ0v) is 11.4. The molecule has 6 heteroatoms. The quantitative estimate of drug-likeness (QED) is 0.754. The van der Waals surface area contributed by atoms with Crippen molar-refractivity contribution in [1.82, 2.24) is 5.32 Å². The number of nitrogens with one attached hydrogen (secondary N) is 1. The van der Waals surface area contributed by atoms with E-state index in [1.807, 2.05) is 0 Å². The van der Waals surface area contributed by atoms with E-state index in [1.165, 1.54) is 6.07 Å². The van der Waals surface area contributed by atoms with Gasteiger partial charge in [-0.1, -0.05) is 12.1 Å². The first-order chi connectivity index (χ1) is 8.99. The molecule has 0 aliphatic heterocycles. The van der Waals surface area contributed by atoms with E-state index in [4.69, 9.17) is 5.11 Å². The van der Waals surface area contributed by atoms with Crippen LogP contribution in [-0.2, 0) is 9.59 Å². The van der Waals surface area contributed by atoms with Crippen LogP contribution < -0.4 is 5.32 Å². The average molecular weight is 285 g/mol. The molecule has 4 nitrogen and oxygen atoms in total. The number of halogens is 1. The highest BCUT2D eigenvalue weighted by Crippen LogP contribution is 2.20. The van der Waals surface area contributed by atoms with Gasteiger partial charge < -0.3 is 10.4 Å². The standard InChI is InChI=1S/C13H16FNO3S/c1-9(6-7-13(17)18)15-12(16)8-19-11-5-3-2-4-10(11)14/h2-5,9H,6-8H2,1H3,(H,15,16)(H,17,18). The molecule has 0 aliphatic rings. The lowest BCUT2D eigenvalue weighted by Gasteiger charge is -2.12. The molecule has 0 bridgehead atoms. The van der Waals surface area contributed by atoms with Crippen molar-refractivity contribution in [2.75, 3.05) is 5.75 Å². The number of carbonyl (C=O) groups is 2. The van der Waals surface area contributed by atoms with E-state index in [1.54, 1.807) is 25.1 Å². The summed E-state index contributed by atoms with van der Waals surface area (Å²) in [6, 6.07) is 6.05. The monoisotopic (exact) mass is 285 g/mol. The van der Waals surface area contributed by atoms with Crippen LogP contribution in [0.4, 0.5) is 4.39 Å². The number of benzene rings is 1. The Bertz CT molecular complexity index is 453. The Morgan fingerprint density at radius 1 is 1.42 bits per heavy atom. The summed E-state index contributed by atoms with van der Waals surface area (Å²) in [6.07, 6.45) is 0.396. The molecule has 0 saturated heterocycles. The fraction of sp³-hybridized carbons (Fsp3) is 0.385. The van der Waals surface area contributed by atoms with Gasteiger partial charge >= 0.3 is 5.97 Å². The van der Waals surface area contributed by atoms with E-state index in [0.717, 1.165) is 11.8 Å². The maximum Gasteiger partial charge on any atom is 0.303 e. The van der Waals surface area contributed by atoms with E-state index < -0.39 is 5.97 Å². The number of amides is 1. The zero-order valence-electron chi connectivity index (χ0n) is 10.6. The summed E-state index contributed by atoms with van der Waals surface area (Å²) in [5.74, 6) is -1.36. The van der Waals surface area contributed by atoms with Gasteiger partial charge in [0.15, 0.2) is 0 Å². The highest BCUT2D eigenvalue weighted by Gasteiger charge is 2.10. The maximum atomic E-state index is 13.3. The predicted octanol–water partition coefficient (Wildman–Crippen LogP) is 2.29. The summed E-state index contributed by atoms with van der Waals surface area (Å²) in [5, 5.41) is 11.2. The Balaban J connectivity index is 2.32. The second-order valence-corrected chi connectivity index (χ2v) is 5.14. The molecule has 2 N–H and O–H groups in total. The minimum Gasteiger partial charge on any atom is -0.481 e. The first-order valence-electron chi connectivity index (χ1n) is 5.87. The summed E-state index contributed by atoms with van der Waals surface area (Å²) >= 11 is 1.12. The van der Waals surface area contributed by atoms with E-state index in [0.29, 0.717) is 11.3 Å². The van der Waals surface area contributed by atoms with Gasteiger partial charge in [0.2, 0.25) is 5.91 Å². The van der Waals surface area contributed by atoms with Crippen molar-refractivity contribution < 1.29 is 19.1 Å². The smallest absolute Gasteiger partial charge is 0.303 e. The molecule has 19 heavy (non-hydrogen) atoms. The van der Waals surface area contributed by atoms with Gasteiger partial charge in [0.25, 0.3) is 0 Å². The van der Waals surface area contributed by atoms with Crippen LogP contribution in [0.3, 0.4) is 0 Å². The highest BCUT2D eigenvalue weighted by atomic mass is 32.2. The SMILES string of the molecule is CC(CCC(=O)O)NC(=O)CSc1ccccc1F. The number of carboxylic acid groups (broad SMARTS) is 1. The first-order valence-corrected chi connectivity index (χ1v) is 6.86. The molecule has 0 aliphatic carbocycles. The minimum absolute atomic E-state index is 0.0158. The molecule has 0 heterocycles. The van der Waals surface area contributed by atoms with E-state index >= 15 is 0 Å². The van der Waals surface area contributed by atoms with Crippen LogP contribution in [0.1, 0.15) is 19.8 Å². The van der Waals surface area contributed by atoms with Crippen LogP contribution in [0.2, 0.25) is 0 Å².